The highest BCUT2D eigenvalue weighted by Gasteiger charge is 2.28. The Kier molecular flexibility index (Phi) is 8.53. The lowest BCUT2D eigenvalue weighted by molar-refractivity contribution is -0.143. The van der Waals surface area contributed by atoms with E-state index in [1.165, 1.54) is 0 Å². The number of amides is 2. The second-order valence-corrected chi connectivity index (χ2v) is 6.78. The van der Waals surface area contributed by atoms with Crippen molar-refractivity contribution in [1.29, 1.82) is 0 Å². The number of nitrogens with zero attached hydrogens (tertiary/aromatic N) is 1. The van der Waals surface area contributed by atoms with Gasteiger partial charge in [-0.2, -0.15) is 0 Å². The Bertz CT molecular complexity index is 761. The van der Waals surface area contributed by atoms with Crippen molar-refractivity contribution < 1.29 is 14.3 Å². The summed E-state index contributed by atoms with van der Waals surface area (Å²) in [4.78, 5) is 27.3. The molecule has 0 fully saturated rings. The molecule has 5 heteroatoms. The van der Waals surface area contributed by atoms with E-state index in [1.807, 2.05) is 75.4 Å². The summed E-state index contributed by atoms with van der Waals surface area (Å²) < 4.78 is 5.75. The summed E-state index contributed by atoms with van der Waals surface area (Å²) in [5.74, 6) is 0.356. The van der Waals surface area contributed by atoms with E-state index in [0.717, 1.165) is 17.5 Å². The van der Waals surface area contributed by atoms with Crippen LogP contribution in [0.1, 0.15) is 37.8 Å². The molecule has 2 aromatic carbocycles. The molecule has 0 saturated heterocycles. The molecule has 2 rings (SSSR count). The van der Waals surface area contributed by atoms with Crippen molar-refractivity contribution in [2.45, 2.75) is 46.2 Å². The summed E-state index contributed by atoms with van der Waals surface area (Å²) in [5, 5.41) is 2.91. The average Bonchev–Trinajstić information content (AvgIpc) is 2.72. The topological polar surface area (TPSA) is 58.6 Å². The smallest absolute Gasteiger partial charge is 0.261 e. The molecule has 2 aromatic rings. The second kappa shape index (κ2) is 11.1. The monoisotopic (exact) mass is 382 g/mol. The van der Waals surface area contributed by atoms with Gasteiger partial charge >= 0.3 is 0 Å². The molecule has 150 valence electrons. The summed E-state index contributed by atoms with van der Waals surface area (Å²) in [6.07, 6.45) is 1.39. The third-order valence-corrected chi connectivity index (χ3v) is 4.58. The Morgan fingerprint density at radius 2 is 1.71 bits per heavy atom. The number of hydrogen-bond donors (Lipinski definition) is 1. The zero-order valence-electron chi connectivity index (χ0n) is 17.0. The highest BCUT2D eigenvalue weighted by atomic mass is 16.5. The lowest BCUT2D eigenvalue weighted by atomic mass is 10.1. The first-order valence-electron chi connectivity index (χ1n) is 9.86. The molecule has 1 atom stereocenters. The fourth-order valence-corrected chi connectivity index (χ4v) is 3.01. The molecule has 28 heavy (non-hydrogen) atoms. The maximum absolute atomic E-state index is 13.0. The van der Waals surface area contributed by atoms with Gasteiger partial charge in [-0.15, -0.1) is 0 Å². The van der Waals surface area contributed by atoms with Gasteiger partial charge in [0.15, 0.2) is 6.61 Å². The van der Waals surface area contributed by atoms with Gasteiger partial charge in [0.05, 0.1) is 0 Å². The number of hydrogen-bond acceptors (Lipinski definition) is 3. The SMILES string of the molecule is CCCNC(=O)[C@H](CC)N(Cc1ccccc1)C(=O)COc1ccccc1C. The minimum atomic E-state index is -0.528. The fourth-order valence-electron chi connectivity index (χ4n) is 3.01. The van der Waals surface area contributed by atoms with Gasteiger partial charge in [-0.05, 0) is 37.0 Å². The van der Waals surface area contributed by atoms with Gasteiger partial charge < -0.3 is 15.0 Å². The van der Waals surface area contributed by atoms with Gasteiger partial charge in [-0.1, -0.05) is 62.4 Å². The second-order valence-electron chi connectivity index (χ2n) is 6.78. The van der Waals surface area contributed by atoms with Crippen LogP contribution in [0.15, 0.2) is 54.6 Å². The van der Waals surface area contributed by atoms with E-state index in [1.54, 1.807) is 4.90 Å². The number of benzene rings is 2. The predicted molar refractivity (Wildman–Crippen MR) is 111 cm³/mol. The highest BCUT2D eigenvalue weighted by molar-refractivity contribution is 5.88. The largest absolute Gasteiger partial charge is 0.484 e. The lowest BCUT2D eigenvalue weighted by Crippen LogP contribution is -2.50. The Morgan fingerprint density at radius 1 is 1.04 bits per heavy atom. The first-order valence-corrected chi connectivity index (χ1v) is 9.86. The molecule has 0 aromatic heterocycles. The molecule has 0 aliphatic rings. The molecule has 0 unspecified atom stereocenters. The van der Waals surface area contributed by atoms with Crippen LogP contribution in [0.3, 0.4) is 0 Å². The molecule has 1 N–H and O–H groups in total. The number of ether oxygens (including phenoxy) is 1. The van der Waals surface area contributed by atoms with E-state index in [0.29, 0.717) is 25.3 Å². The number of nitrogens with one attached hydrogen (secondary N) is 1. The van der Waals surface area contributed by atoms with Crippen LogP contribution in [0.4, 0.5) is 0 Å². The number of para-hydroxylation sites is 1. The third-order valence-electron chi connectivity index (χ3n) is 4.58. The summed E-state index contributed by atoms with van der Waals surface area (Å²) in [7, 11) is 0. The summed E-state index contributed by atoms with van der Waals surface area (Å²) in [6.45, 7) is 6.73. The molecular weight excluding hydrogens is 352 g/mol. The molecule has 2 amide bonds. The van der Waals surface area contributed by atoms with E-state index in [2.05, 4.69) is 5.32 Å². The molecule has 0 heterocycles. The van der Waals surface area contributed by atoms with Crippen LogP contribution in [0, 0.1) is 6.92 Å². The van der Waals surface area contributed by atoms with Crippen LogP contribution in [0.5, 0.6) is 5.75 Å². The first kappa shape index (κ1) is 21.5. The molecule has 5 nitrogen and oxygen atoms in total. The van der Waals surface area contributed by atoms with Crippen molar-refractivity contribution in [1.82, 2.24) is 10.2 Å². The molecule has 0 aliphatic carbocycles. The normalized spacial score (nSPS) is 11.5. The average molecular weight is 383 g/mol. The van der Waals surface area contributed by atoms with Crippen LogP contribution in [0.2, 0.25) is 0 Å². The van der Waals surface area contributed by atoms with Gasteiger partial charge in [0.25, 0.3) is 5.91 Å². The van der Waals surface area contributed by atoms with Gasteiger partial charge in [0.1, 0.15) is 11.8 Å². The van der Waals surface area contributed by atoms with Gasteiger partial charge in [0, 0.05) is 13.1 Å². The minimum Gasteiger partial charge on any atom is -0.484 e. The van der Waals surface area contributed by atoms with Crippen LogP contribution < -0.4 is 10.1 Å². The van der Waals surface area contributed by atoms with Crippen LogP contribution in [0.25, 0.3) is 0 Å². The Balaban J connectivity index is 2.17. The molecular formula is C23H30N2O3. The Hall–Kier alpha value is -2.82. The minimum absolute atomic E-state index is 0.102. The molecule has 0 saturated carbocycles. The molecule has 0 aliphatic heterocycles. The number of carbonyl (C=O) groups excluding carboxylic acids is 2. The van der Waals surface area contributed by atoms with Crippen molar-refractivity contribution in [2.75, 3.05) is 13.2 Å². The van der Waals surface area contributed by atoms with Gasteiger partial charge in [-0.3, -0.25) is 9.59 Å². The van der Waals surface area contributed by atoms with E-state index in [9.17, 15) is 9.59 Å². The van der Waals surface area contributed by atoms with E-state index >= 15 is 0 Å². The van der Waals surface area contributed by atoms with Crippen LogP contribution in [-0.4, -0.2) is 35.9 Å². The number of carbonyl (C=O) groups is 2. The standard InChI is InChI=1S/C23H30N2O3/c1-4-15-24-23(27)20(5-2)25(16-19-12-7-6-8-13-19)22(26)17-28-21-14-10-9-11-18(21)3/h6-14,20H,4-5,15-17H2,1-3H3,(H,24,27)/t20-/m0/s1. The number of rotatable bonds is 10. The van der Waals surface area contributed by atoms with Crippen molar-refractivity contribution in [3.8, 4) is 5.75 Å². The summed E-state index contributed by atoms with van der Waals surface area (Å²) in [5.41, 5.74) is 1.95. The maximum atomic E-state index is 13.0. The van der Waals surface area contributed by atoms with E-state index in [4.69, 9.17) is 4.74 Å². The molecule has 0 spiro atoms. The third kappa shape index (κ3) is 6.12. The quantitative estimate of drug-likeness (QED) is 0.681. The van der Waals surface area contributed by atoms with E-state index < -0.39 is 6.04 Å². The number of aryl methyl sites for hydroxylation is 1. The lowest BCUT2D eigenvalue weighted by Gasteiger charge is -2.30. The maximum Gasteiger partial charge on any atom is 0.261 e. The summed E-state index contributed by atoms with van der Waals surface area (Å²) in [6, 6.07) is 16.8. The predicted octanol–water partition coefficient (Wildman–Crippen LogP) is 3.71. The fraction of sp³-hybridized carbons (Fsp3) is 0.391. The molecule has 0 bridgehead atoms. The molecule has 0 radical (unpaired) electrons. The van der Waals surface area contributed by atoms with E-state index in [-0.39, 0.29) is 18.4 Å². The first-order chi connectivity index (χ1) is 13.6. The highest BCUT2D eigenvalue weighted by Crippen LogP contribution is 2.17. The zero-order valence-corrected chi connectivity index (χ0v) is 17.0. The van der Waals surface area contributed by atoms with Crippen molar-refractivity contribution >= 4 is 11.8 Å². The van der Waals surface area contributed by atoms with Crippen molar-refractivity contribution in [3.63, 3.8) is 0 Å². The van der Waals surface area contributed by atoms with Gasteiger partial charge in [-0.25, -0.2) is 0 Å². The van der Waals surface area contributed by atoms with Gasteiger partial charge in [0.2, 0.25) is 5.91 Å². The van der Waals surface area contributed by atoms with Crippen molar-refractivity contribution in [2.24, 2.45) is 0 Å². The zero-order chi connectivity index (χ0) is 20.4. The van der Waals surface area contributed by atoms with Crippen LogP contribution in [-0.2, 0) is 16.1 Å². The Labute approximate surface area is 167 Å². The summed E-state index contributed by atoms with van der Waals surface area (Å²) >= 11 is 0. The van der Waals surface area contributed by atoms with Crippen LogP contribution >= 0.6 is 0 Å². The van der Waals surface area contributed by atoms with Crippen molar-refractivity contribution in [3.05, 3.63) is 65.7 Å². The Morgan fingerprint density at radius 3 is 2.36 bits per heavy atom.